The number of methoxy groups -OCH3 is 4. The van der Waals surface area contributed by atoms with Crippen molar-refractivity contribution in [3.05, 3.63) is 83.9 Å². The smallest absolute Gasteiger partial charge is 0.379 e. The van der Waals surface area contributed by atoms with Crippen molar-refractivity contribution in [3.63, 3.8) is 0 Å². The van der Waals surface area contributed by atoms with Crippen LogP contribution >= 0.6 is 0 Å². The van der Waals surface area contributed by atoms with Gasteiger partial charge in [0, 0.05) is 28.4 Å². The van der Waals surface area contributed by atoms with Gasteiger partial charge in [-0.15, -0.1) is 0 Å². The topological polar surface area (TPSA) is 80.3 Å². The predicted molar refractivity (Wildman–Crippen MR) is 116 cm³/mol. The summed E-state index contributed by atoms with van der Waals surface area (Å²) in [4.78, 5) is 25.7. The van der Waals surface area contributed by atoms with Gasteiger partial charge < -0.3 is 23.7 Å². The number of benzene rings is 2. The van der Waals surface area contributed by atoms with Crippen LogP contribution in [0.15, 0.2) is 72.8 Å². The number of esters is 2. The molecule has 0 aliphatic heterocycles. The summed E-state index contributed by atoms with van der Waals surface area (Å²) in [5, 5.41) is 0. The molecule has 0 saturated carbocycles. The Hall–Kier alpha value is -3.10. The van der Waals surface area contributed by atoms with Gasteiger partial charge in [-0.25, -0.2) is 9.59 Å². The Labute approximate surface area is 181 Å². The highest BCUT2D eigenvalue weighted by Gasteiger charge is 2.45. The van der Waals surface area contributed by atoms with Gasteiger partial charge in [0.25, 0.3) is 11.6 Å². The van der Waals surface area contributed by atoms with Gasteiger partial charge in [-0.2, -0.15) is 0 Å². The fourth-order valence-electron chi connectivity index (χ4n) is 2.67. The van der Waals surface area contributed by atoms with Crippen LogP contribution in [0.2, 0.25) is 0 Å². The zero-order valence-electron chi connectivity index (χ0n) is 17.9. The number of hydrogen-bond acceptors (Lipinski definition) is 7. The minimum absolute atomic E-state index is 0.800. The van der Waals surface area contributed by atoms with Crippen molar-refractivity contribution in [2.24, 2.45) is 0 Å². The maximum atomic E-state index is 12.8. The summed E-state index contributed by atoms with van der Waals surface area (Å²) in [5.74, 6) is -6.05. The third kappa shape index (κ3) is 5.96. The van der Waals surface area contributed by atoms with Crippen LogP contribution in [-0.2, 0) is 33.3 Å². The first-order valence-electron chi connectivity index (χ1n) is 9.41. The average molecular weight is 426 g/mol. The lowest BCUT2D eigenvalue weighted by Gasteiger charge is -2.28. The lowest BCUT2D eigenvalue weighted by Crippen LogP contribution is -2.48. The van der Waals surface area contributed by atoms with Gasteiger partial charge in [0.1, 0.15) is 0 Å². The molecule has 0 saturated heterocycles. The molecule has 2 aromatic rings. The molecule has 0 spiro atoms. The van der Waals surface area contributed by atoms with Crippen molar-refractivity contribution in [1.82, 2.24) is 0 Å². The highest BCUT2D eigenvalue weighted by Crippen LogP contribution is 2.23. The Bertz CT molecular complexity index is 821. The van der Waals surface area contributed by atoms with Gasteiger partial charge in [0.15, 0.2) is 0 Å². The summed E-state index contributed by atoms with van der Waals surface area (Å²) < 4.78 is 26.0. The molecule has 0 amide bonds. The summed E-state index contributed by atoms with van der Waals surface area (Å²) in [6.45, 7) is 0. The molecule has 0 atom stereocenters. The van der Waals surface area contributed by atoms with Crippen molar-refractivity contribution in [3.8, 4) is 0 Å². The molecule has 0 unspecified atom stereocenters. The van der Waals surface area contributed by atoms with Crippen LogP contribution < -0.4 is 0 Å². The minimum Gasteiger partial charge on any atom is -0.384 e. The van der Waals surface area contributed by atoms with E-state index in [1.165, 1.54) is 40.6 Å². The molecule has 0 aliphatic carbocycles. The first-order chi connectivity index (χ1) is 14.9. The maximum Gasteiger partial charge on any atom is 0.379 e. The molecule has 2 rings (SSSR count). The minimum atomic E-state index is -1.94. The van der Waals surface area contributed by atoms with Gasteiger partial charge in [-0.1, -0.05) is 72.8 Å². The van der Waals surface area contributed by atoms with E-state index in [0.717, 1.165) is 11.1 Å². The van der Waals surface area contributed by atoms with Crippen LogP contribution in [0.5, 0.6) is 0 Å². The molecule has 0 aliphatic rings. The molecule has 0 radical (unpaired) electrons. The quantitative estimate of drug-likeness (QED) is 0.327. The predicted octanol–water partition coefficient (Wildman–Crippen LogP) is 3.46. The van der Waals surface area contributed by atoms with Crippen molar-refractivity contribution in [2.45, 2.75) is 11.6 Å². The molecule has 7 nitrogen and oxygen atoms in total. The zero-order valence-corrected chi connectivity index (χ0v) is 17.9. The highest BCUT2D eigenvalue weighted by molar-refractivity contribution is 5.95. The van der Waals surface area contributed by atoms with Crippen LogP contribution in [0.1, 0.15) is 11.1 Å². The lowest BCUT2D eigenvalue weighted by atomic mass is 10.1. The van der Waals surface area contributed by atoms with Crippen molar-refractivity contribution in [2.75, 3.05) is 28.4 Å². The van der Waals surface area contributed by atoms with E-state index in [2.05, 4.69) is 0 Å². The third-order valence-corrected chi connectivity index (χ3v) is 4.56. The Balaban J connectivity index is 2.25. The van der Waals surface area contributed by atoms with Gasteiger partial charge in [-0.3, -0.25) is 0 Å². The van der Waals surface area contributed by atoms with E-state index in [0.29, 0.717) is 0 Å². The van der Waals surface area contributed by atoms with Crippen molar-refractivity contribution >= 4 is 24.1 Å². The van der Waals surface area contributed by atoms with Crippen LogP contribution in [0.3, 0.4) is 0 Å². The standard InChI is InChI=1S/C24H26O7/c1-27-23(28-2,17-15-19-11-7-5-8-12-19)21(25)31-22(26)24(29-3,30-4)18-16-20-13-9-6-10-14-20/h5-18H,1-4H3. The fourth-order valence-corrected chi connectivity index (χ4v) is 2.67. The maximum absolute atomic E-state index is 12.8. The molecule has 2 aromatic carbocycles. The summed E-state index contributed by atoms with van der Waals surface area (Å²) in [6, 6.07) is 18.4. The average Bonchev–Trinajstić information content (AvgIpc) is 2.82. The normalized spacial score (nSPS) is 12.4. The Morgan fingerprint density at radius 1 is 0.613 bits per heavy atom. The van der Waals surface area contributed by atoms with Gasteiger partial charge in [0.2, 0.25) is 0 Å². The van der Waals surface area contributed by atoms with Gasteiger partial charge >= 0.3 is 11.9 Å². The zero-order chi connectivity index (χ0) is 22.7. The summed E-state index contributed by atoms with van der Waals surface area (Å²) in [7, 11) is 5.05. The molecule has 0 heterocycles. The van der Waals surface area contributed by atoms with Crippen LogP contribution in [0.25, 0.3) is 12.2 Å². The SMILES string of the molecule is COC(C=Cc1ccccc1)(OC)C(=O)OC(=O)C(C=Cc1ccccc1)(OC)OC. The van der Waals surface area contributed by atoms with Gasteiger partial charge in [0.05, 0.1) is 0 Å². The molecule has 0 bridgehead atoms. The molecule has 7 heteroatoms. The number of carbonyl (C=O) groups excluding carboxylic acids is 2. The van der Waals surface area contributed by atoms with E-state index in [4.69, 9.17) is 23.7 Å². The second-order valence-corrected chi connectivity index (χ2v) is 6.32. The summed E-state index contributed by atoms with van der Waals surface area (Å²) in [5.41, 5.74) is 1.60. The van der Waals surface area contributed by atoms with Crippen LogP contribution in [0, 0.1) is 0 Å². The molecule has 164 valence electrons. The number of hydrogen-bond donors (Lipinski definition) is 0. The molecule has 31 heavy (non-hydrogen) atoms. The van der Waals surface area contributed by atoms with E-state index >= 15 is 0 Å². The van der Waals surface area contributed by atoms with E-state index in [1.807, 2.05) is 60.7 Å². The molecular formula is C24H26O7. The Kier molecular flexibility index (Phi) is 8.84. The van der Waals surface area contributed by atoms with E-state index in [-0.39, 0.29) is 0 Å². The van der Waals surface area contributed by atoms with Crippen LogP contribution in [0.4, 0.5) is 0 Å². The van der Waals surface area contributed by atoms with Crippen molar-refractivity contribution < 1.29 is 33.3 Å². The van der Waals surface area contributed by atoms with Gasteiger partial charge in [-0.05, 0) is 23.3 Å². The Morgan fingerprint density at radius 3 is 1.23 bits per heavy atom. The van der Waals surface area contributed by atoms with Crippen LogP contribution in [-0.4, -0.2) is 52.0 Å². The van der Waals surface area contributed by atoms with E-state index in [9.17, 15) is 9.59 Å². The molecule has 0 aromatic heterocycles. The first kappa shape index (κ1) is 24.2. The van der Waals surface area contributed by atoms with Crippen molar-refractivity contribution in [1.29, 1.82) is 0 Å². The van der Waals surface area contributed by atoms with E-state index < -0.39 is 23.5 Å². The highest BCUT2D eigenvalue weighted by atomic mass is 16.7. The second-order valence-electron chi connectivity index (χ2n) is 6.32. The molecule has 0 N–H and O–H groups in total. The third-order valence-electron chi connectivity index (χ3n) is 4.56. The lowest BCUT2D eigenvalue weighted by molar-refractivity contribution is -0.230. The Morgan fingerprint density at radius 2 is 0.935 bits per heavy atom. The number of carbonyl (C=O) groups is 2. The monoisotopic (exact) mass is 426 g/mol. The number of ether oxygens (including phenoxy) is 5. The first-order valence-corrected chi connectivity index (χ1v) is 9.41. The van der Waals surface area contributed by atoms with E-state index in [1.54, 1.807) is 12.2 Å². The second kappa shape index (κ2) is 11.3. The largest absolute Gasteiger partial charge is 0.384 e. The molecule has 0 fully saturated rings. The molecular weight excluding hydrogens is 400 g/mol. The number of rotatable bonds is 10. The fraction of sp³-hybridized carbons (Fsp3) is 0.250. The summed E-state index contributed by atoms with van der Waals surface area (Å²) >= 11 is 0. The summed E-state index contributed by atoms with van der Waals surface area (Å²) in [6.07, 6.45) is 5.96.